The van der Waals surface area contributed by atoms with Gasteiger partial charge in [0.2, 0.25) is 0 Å². The Morgan fingerprint density at radius 1 is 0.708 bits per heavy atom. The SMILES string of the molecule is CCOc1ccc(-c2ccc(-c3ccc(C)cc3)c(F)c2F)cc1. The number of ether oxygens (including phenoxy) is 1. The minimum Gasteiger partial charge on any atom is -0.494 e. The summed E-state index contributed by atoms with van der Waals surface area (Å²) in [7, 11) is 0. The molecule has 0 aromatic heterocycles. The van der Waals surface area contributed by atoms with Crippen LogP contribution in [0.4, 0.5) is 8.78 Å². The smallest absolute Gasteiger partial charge is 0.167 e. The van der Waals surface area contributed by atoms with Gasteiger partial charge in [0.1, 0.15) is 5.75 Å². The minimum atomic E-state index is -0.836. The zero-order chi connectivity index (χ0) is 17.1. The van der Waals surface area contributed by atoms with Gasteiger partial charge < -0.3 is 4.74 Å². The lowest BCUT2D eigenvalue weighted by molar-refractivity contribution is 0.340. The van der Waals surface area contributed by atoms with Crippen LogP contribution in [-0.4, -0.2) is 6.61 Å². The van der Waals surface area contributed by atoms with E-state index in [2.05, 4.69) is 0 Å². The molecule has 0 atom stereocenters. The molecule has 0 spiro atoms. The summed E-state index contributed by atoms with van der Waals surface area (Å²) in [5.41, 5.74) is 2.86. The summed E-state index contributed by atoms with van der Waals surface area (Å²) in [4.78, 5) is 0. The number of halogens is 2. The third kappa shape index (κ3) is 3.16. The van der Waals surface area contributed by atoms with Gasteiger partial charge in [0.25, 0.3) is 0 Å². The molecule has 3 aromatic rings. The molecule has 0 saturated heterocycles. The summed E-state index contributed by atoms with van der Waals surface area (Å²) in [5, 5.41) is 0. The van der Waals surface area contributed by atoms with E-state index in [1.165, 1.54) is 0 Å². The van der Waals surface area contributed by atoms with Gasteiger partial charge in [-0.1, -0.05) is 54.1 Å². The zero-order valence-corrected chi connectivity index (χ0v) is 13.6. The quantitative estimate of drug-likeness (QED) is 0.571. The fraction of sp³-hybridized carbons (Fsp3) is 0.143. The lowest BCUT2D eigenvalue weighted by atomic mass is 9.98. The van der Waals surface area contributed by atoms with E-state index in [0.717, 1.165) is 5.56 Å². The largest absolute Gasteiger partial charge is 0.494 e. The first kappa shape index (κ1) is 16.2. The Kier molecular flexibility index (Phi) is 4.61. The normalized spacial score (nSPS) is 10.7. The summed E-state index contributed by atoms with van der Waals surface area (Å²) >= 11 is 0. The van der Waals surface area contributed by atoms with Crippen molar-refractivity contribution in [2.24, 2.45) is 0 Å². The van der Waals surface area contributed by atoms with E-state index in [9.17, 15) is 8.78 Å². The van der Waals surface area contributed by atoms with Gasteiger partial charge in [0.15, 0.2) is 11.6 Å². The molecule has 0 saturated carbocycles. The van der Waals surface area contributed by atoms with Gasteiger partial charge in [0, 0.05) is 11.1 Å². The van der Waals surface area contributed by atoms with E-state index >= 15 is 0 Å². The molecular formula is C21H18F2O. The van der Waals surface area contributed by atoms with Crippen molar-refractivity contribution in [3.8, 4) is 28.0 Å². The molecule has 0 aliphatic rings. The van der Waals surface area contributed by atoms with Crippen molar-refractivity contribution in [1.82, 2.24) is 0 Å². The van der Waals surface area contributed by atoms with Crippen LogP contribution in [0.1, 0.15) is 12.5 Å². The Balaban J connectivity index is 1.99. The van der Waals surface area contributed by atoms with E-state index < -0.39 is 11.6 Å². The Bertz CT molecular complexity index is 837. The van der Waals surface area contributed by atoms with E-state index in [-0.39, 0.29) is 11.1 Å². The number of rotatable bonds is 4. The van der Waals surface area contributed by atoms with Gasteiger partial charge in [0.05, 0.1) is 6.61 Å². The Hall–Kier alpha value is -2.68. The Morgan fingerprint density at radius 3 is 1.62 bits per heavy atom. The summed E-state index contributed by atoms with van der Waals surface area (Å²) in [6, 6.07) is 17.6. The van der Waals surface area contributed by atoms with Crippen LogP contribution in [0.2, 0.25) is 0 Å². The molecule has 0 N–H and O–H groups in total. The average Bonchev–Trinajstić information content (AvgIpc) is 2.59. The van der Waals surface area contributed by atoms with E-state index in [1.54, 1.807) is 48.5 Å². The van der Waals surface area contributed by atoms with Crippen LogP contribution in [-0.2, 0) is 0 Å². The van der Waals surface area contributed by atoms with Crippen molar-refractivity contribution in [1.29, 1.82) is 0 Å². The molecule has 0 heterocycles. The second-order valence-corrected chi connectivity index (χ2v) is 5.61. The fourth-order valence-electron chi connectivity index (χ4n) is 2.63. The van der Waals surface area contributed by atoms with Crippen LogP contribution < -0.4 is 4.74 Å². The third-order valence-corrected chi connectivity index (χ3v) is 3.92. The molecular weight excluding hydrogens is 306 g/mol. The zero-order valence-electron chi connectivity index (χ0n) is 13.6. The molecule has 0 aliphatic carbocycles. The number of hydrogen-bond donors (Lipinski definition) is 0. The highest BCUT2D eigenvalue weighted by molar-refractivity contribution is 5.72. The lowest BCUT2D eigenvalue weighted by Crippen LogP contribution is -1.95. The molecule has 3 heteroatoms. The van der Waals surface area contributed by atoms with Gasteiger partial charge in [-0.2, -0.15) is 0 Å². The first-order chi connectivity index (χ1) is 11.6. The van der Waals surface area contributed by atoms with Crippen LogP contribution in [0.15, 0.2) is 60.7 Å². The maximum atomic E-state index is 14.6. The Morgan fingerprint density at radius 2 is 1.17 bits per heavy atom. The van der Waals surface area contributed by atoms with Gasteiger partial charge in [-0.25, -0.2) is 8.78 Å². The van der Waals surface area contributed by atoms with E-state index in [1.807, 2.05) is 26.0 Å². The predicted octanol–water partition coefficient (Wildman–Crippen LogP) is 6.01. The second kappa shape index (κ2) is 6.83. The third-order valence-electron chi connectivity index (χ3n) is 3.92. The molecule has 0 unspecified atom stereocenters. The fourth-order valence-corrected chi connectivity index (χ4v) is 2.63. The summed E-state index contributed by atoms with van der Waals surface area (Å²) < 4.78 is 34.5. The van der Waals surface area contributed by atoms with Gasteiger partial charge in [-0.3, -0.25) is 0 Å². The van der Waals surface area contributed by atoms with Crippen molar-refractivity contribution in [3.63, 3.8) is 0 Å². The van der Waals surface area contributed by atoms with Crippen LogP contribution in [0.3, 0.4) is 0 Å². The average molecular weight is 324 g/mol. The topological polar surface area (TPSA) is 9.23 Å². The molecule has 1 nitrogen and oxygen atoms in total. The monoisotopic (exact) mass is 324 g/mol. The summed E-state index contributed by atoms with van der Waals surface area (Å²) in [6.45, 7) is 4.41. The van der Waals surface area contributed by atoms with Crippen molar-refractivity contribution in [2.45, 2.75) is 13.8 Å². The maximum Gasteiger partial charge on any atom is 0.167 e. The highest BCUT2D eigenvalue weighted by atomic mass is 19.2. The number of benzene rings is 3. The van der Waals surface area contributed by atoms with Crippen molar-refractivity contribution < 1.29 is 13.5 Å². The molecule has 122 valence electrons. The number of hydrogen-bond acceptors (Lipinski definition) is 1. The van der Waals surface area contributed by atoms with Crippen LogP contribution in [0.25, 0.3) is 22.3 Å². The first-order valence-corrected chi connectivity index (χ1v) is 7.88. The molecule has 0 fully saturated rings. The van der Waals surface area contributed by atoms with Gasteiger partial charge in [-0.15, -0.1) is 0 Å². The highest BCUT2D eigenvalue weighted by Gasteiger charge is 2.15. The lowest BCUT2D eigenvalue weighted by Gasteiger charge is -2.10. The second-order valence-electron chi connectivity index (χ2n) is 5.61. The van der Waals surface area contributed by atoms with Gasteiger partial charge >= 0.3 is 0 Å². The molecule has 24 heavy (non-hydrogen) atoms. The molecule has 0 aliphatic heterocycles. The van der Waals surface area contributed by atoms with Gasteiger partial charge in [-0.05, 0) is 37.1 Å². The van der Waals surface area contributed by atoms with E-state index in [4.69, 9.17) is 4.74 Å². The van der Waals surface area contributed by atoms with Crippen molar-refractivity contribution in [3.05, 3.63) is 77.9 Å². The van der Waals surface area contributed by atoms with Crippen LogP contribution in [0, 0.1) is 18.6 Å². The number of aryl methyl sites for hydroxylation is 1. The van der Waals surface area contributed by atoms with Crippen molar-refractivity contribution in [2.75, 3.05) is 6.61 Å². The van der Waals surface area contributed by atoms with E-state index in [0.29, 0.717) is 23.5 Å². The maximum absolute atomic E-state index is 14.6. The molecule has 3 rings (SSSR count). The molecule has 3 aromatic carbocycles. The highest BCUT2D eigenvalue weighted by Crippen LogP contribution is 2.32. The standard InChI is InChI=1S/C21H18F2O/c1-3-24-17-10-8-16(9-11-17)19-13-12-18(20(22)21(19)23)15-6-4-14(2)5-7-15/h4-13H,3H2,1-2H3. The first-order valence-electron chi connectivity index (χ1n) is 7.88. The Labute approximate surface area is 140 Å². The van der Waals surface area contributed by atoms with Crippen LogP contribution in [0.5, 0.6) is 5.75 Å². The van der Waals surface area contributed by atoms with Crippen molar-refractivity contribution >= 4 is 0 Å². The van der Waals surface area contributed by atoms with Crippen LogP contribution >= 0.6 is 0 Å². The molecule has 0 radical (unpaired) electrons. The molecule has 0 amide bonds. The summed E-state index contributed by atoms with van der Waals surface area (Å²) in [6.07, 6.45) is 0. The summed E-state index contributed by atoms with van der Waals surface area (Å²) in [5.74, 6) is -0.958. The minimum absolute atomic E-state index is 0.242. The predicted molar refractivity (Wildman–Crippen MR) is 93.1 cm³/mol. The molecule has 0 bridgehead atoms.